The number of rotatable bonds is 2. The van der Waals surface area contributed by atoms with E-state index in [2.05, 4.69) is 31.9 Å². The second-order valence-corrected chi connectivity index (χ2v) is 5.01. The van der Waals surface area contributed by atoms with E-state index in [1.165, 1.54) is 7.11 Å². The highest BCUT2D eigenvalue weighted by molar-refractivity contribution is 9.12. The van der Waals surface area contributed by atoms with Crippen LogP contribution in [0.2, 0.25) is 0 Å². The second kappa shape index (κ2) is 4.15. The Morgan fingerprint density at radius 3 is 2.53 bits per heavy atom. The molecule has 0 radical (unpaired) electrons. The molecule has 15 heavy (non-hydrogen) atoms. The molecule has 84 valence electrons. The van der Waals surface area contributed by atoms with E-state index in [0.29, 0.717) is 0 Å². The first-order chi connectivity index (χ1) is 6.83. The molecule has 0 bridgehead atoms. The van der Waals surface area contributed by atoms with E-state index in [9.17, 15) is 15.0 Å². The van der Waals surface area contributed by atoms with Crippen molar-refractivity contribution in [3.05, 3.63) is 23.2 Å². The monoisotopic (exact) mass is 342 g/mol. The van der Waals surface area contributed by atoms with Gasteiger partial charge in [-0.15, -0.1) is 0 Å². The highest BCUT2D eigenvalue weighted by Crippen LogP contribution is 2.40. The van der Waals surface area contributed by atoms with Gasteiger partial charge in [0.25, 0.3) is 0 Å². The number of alkyl halides is 2. The number of carbonyl (C=O) groups is 1. The van der Waals surface area contributed by atoms with Crippen molar-refractivity contribution in [3.8, 4) is 0 Å². The fourth-order valence-electron chi connectivity index (χ4n) is 1.16. The summed E-state index contributed by atoms with van der Waals surface area (Å²) in [5.74, 6) is -2.45. The van der Waals surface area contributed by atoms with Crippen LogP contribution in [0, 0.1) is 0 Å². The quantitative estimate of drug-likeness (QED) is 0.666. The van der Waals surface area contributed by atoms with E-state index in [0.717, 1.165) is 6.08 Å². The van der Waals surface area contributed by atoms with Gasteiger partial charge in [0, 0.05) is 13.2 Å². The standard InChI is InChI=1S/C8H8Br2O5/c1-15-8(10)2-3(11)4(7(13)14)5(12)6(8)9/h2,6,11-12H,1H3,(H,13,14). The molecule has 7 heteroatoms. The number of carboxylic acid groups (broad SMARTS) is 1. The number of aliphatic carboxylic acids is 1. The minimum absolute atomic E-state index is 0.499. The topological polar surface area (TPSA) is 87.0 Å². The third-order valence-electron chi connectivity index (χ3n) is 1.96. The van der Waals surface area contributed by atoms with Crippen molar-refractivity contribution in [1.29, 1.82) is 0 Å². The maximum Gasteiger partial charge on any atom is 0.342 e. The van der Waals surface area contributed by atoms with Crippen LogP contribution in [0.5, 0.6) is 0 Å². The fraction of sp³-hybridized carbons (Fsp3) is 0.375. The Balaban J connectivity index is 3.27. The third kappa shape index (κ3) is 2.04. The minimum atomic E-state index is -1.41. The molecular weight excluding hydrogens is 336 g/mol. The lowest BCUT2D eigenvalue weighted by Crippen LogP contribution is -2.38. The zero-order chi connectivity index (χ0) is 11.8. The molecule has 0 aromatic carbocycles. The van der Waals surface area contributed by atoms with Gasteiger partial charge in [-0.25, -0.2) is 4.79 Å². The molecule has 0 heterocycles. The van der Waals surface area contributed by atoms with Crippen LogP contribution in [0.4, 0.5) is 0 Å². The predicted molar refractivity (Wildman–Crippen MR) is 59.4 cm³/mol. The van der Waals surface area contributed by atoms with Crippen LogP contribution in [0.3, 0.4) is 0 Å². The average molecular weight is 344 g/mol. The lowest BCUT2D eigenvalue weighted by Gasteiger charge is -2.31. The van der Waals surface area contributed by atoms with E-state index >= 15 is 0 Å². The van der Waals surface area contributed by atoms with Crippen molar-refractivity contribution >= 4 is 37.8 Å². The van der Waals surface area contributed by atoms with Crippen LogP contribution < -0.4 is 0 Å². The second-order valence-electron chi connectivity index (χ2n) is 2.86. The molecule has 0 fully saturated rings. The van der Waals surface area contributed by atoms with E-state index in [4.69, 9.17) is 9.84 Å². The number of halogens is 2. The summed E-state index contributed by atoms with van der Waals surface area (Å²) in [6, 6.07) is 0. The SMILES string of the molecule is COC1(Br)C=C(O)C(C(=O)O)=C(O)C1Br. The molecule has 0 aromatic rings. The molecule has 0 aliphatic heterocycles. The fourth-order valence-corrected chi connectivity index (χ4v) is 2.14. The summed E-state index contributed by atoms with van der Waals surface area (Å²) < 4.78 is 3.84. The van der Waals surface area contributed by atoms with Crippen LogP contribution in [-0.2, 0) is 9.53 Å². The van der Waals surface area contributed by atoms with Gasteiger partial charge >= 0.3 is 5.97 Å². The summed E-state index contributed by atoms with van der Waals surface area (Å²) in [4.78, 5) is 9.93. The first-order valence-electron chi connectivity index (χ1n) is 3.80. The molecule has 5 nitrogen and oxygen atoms in total. The number of aliphatic hydroxyl groups excluding tert-OH is 2. The Morgan fingerprint density at radius 2 is 2.13 bits per heavy atom. The summed E-state index contributed by atoms with van der Waals surface area (Å²) >= 11 is 6.20. The van der Waals surface area contributed by atoms with Crippen LogP contribution in [0.15, 0.2) is 23.2 Å². The van der Waals surface area contributed by atoms with Gasteiger partial charge in [0.1, 0.15) is 21.9 Å². The van der Waals surface area contributed by atoms with E-state index in [-0.39, 0.29) is 0 Å². The number of aliphatic hydroxyl groups is 2. The summed E-state index contributed by atoms with van der Waals surface area (Å²) in [5, 5.41) is 27.8. The summed E-state index contributed by atoms with van der Waals surface area (Å²) in [6.45, 7) is 0. The number of ether oxygens (including phenoxy) is 1. The van der Waals surface area contributed by atoms with Crippen molar-refractivity contribution in [3.63, 3.8) is 0 Å². The van der Waals surface area contributed by atoms with Crippen molar-refractivity contribution in [2.75, 3.05) is 7.11 Å². The molecule has 0 amide bonds. The Bertz CT molecular complexity index is 362. The molecule has 1 rings (SSSR count). The maximum absolute atomic E-state index is 10.7. The number of carboxylic acids is 1. The van der Waals surface area contributed by atoms with Crippen molar-refractivity contribution in [2.24, 2.45) is 0 Å². The summed E-state index contributed by atoms with van der Waals surface area (Å²) in [7, 11) is 1.35. The molecule has 0 saturated heterocycles. The molecule has 2 atom stereocenters. The largest absolute Gasteiger partial charge is 0.510 e. The lowest BCUT2D eigenvalue weighted by molar-refractivity contribution is -0.132. The van der Waals surface area contributed by atoms with Gasteiger partial charge in [0.2, 0.25) is 0 Å². The van der Waals surface area contributed by atoms with Crippen LogP contribution in [-0.4, -0.2) is 37.7 Å². The summed E-state index contributed by atoms with van der Waals surface area (Å²) in [6.07, 6.45) is 1.16. The normalized spacial score (nSPS) is 31.4. The zero-order valence-corrected chi connectivity index (χ0v) is 10.7. The van der Waals surface area contributed by atoms with Crippen LogP contribution >= 0.6 is 31.9 Å². The number of hydrogen-bond acceptors (Lipinski definition) is 4. The molecule has 0 aromatic heterocycles. The molecule has 3 N–H and O–H groups in total. The molecule has 1 aliphatic carbocycles. The predicted octanol–water partition coefficient (Wildman–Crippen LogP) is 1.84. The maximum atomic E-state index is 10.7. The van der Waals surface area contributed by atoms with Crippen molar-refractivity contribution in [2.45, 2.75) is 9.34 Å². The number of hydrogen-bond donors (Lipinski definition) is 3. The van der Waals surface area contributed by atoms with E-state index < -0.39 is 32.4 Å². The van der Waals surface area contributed by atoms with Gasteiger partial charge in [-0.05, 0) is 15.9 Å². The highest BCUT2D eigenvalue weighted by atomic mass is 79.9. The molecule has 1 aliphatic rings. The zero-order valence-electron chi connectivity index (χ0n) is 7.57. The first-order valence-corrected chi connectivity index (χ1v) is 5.51. The molecule has 0 saturated carbocycles. The average Bonchev–Trinajstić information content (AvgIpc) is 2.14. The minimum Gasteiger partial charge on any atom is -0.510 e. The molecular formula is C8H8Br2O5. The van der Waals surface area contributed by atoms with Gasteiger partial charge < -0.3 is 20.1 Å². The van der Waals surface area contributed by atoms with Gasteiger partial charge in [0.05, 0.1) is 0 Å². The molecule has 2 unspecified atom stereocenters. The van der Waals surface area contributed by atoms with Gasteiger partial charge in [-0.2, -0.15) is 0 Å². The smallest absolute Gasteiger partial charge is 0.342 e. The van der Waals surface area contributed by atoms with E-state index in [1.807, 2.05) is 0 Å². The van der Waals surface area contributed by atoms with Crippen molar-refractivity contribution < 1.29 is 24.9 Å². The van der Waals surface area contributed by atoms with Gasteiger partial charge in [-0.1, -0.05) is 15.9 Å². The van der Waals surface area contributed by atoms with E-state index in [1.54, 1.807) is 0 Å². The lowest BCUT2D eigenvalue weighted by atomic mass is 10.0. The van der Waals surface area contributed by atoms with Crippen LogP contribution in [0.25, 0.3) is 0 Å². The molecule has 0 spiro atoms. The van der Waals surface area contributed by atoms with Gasteiger partial charge in [0.15, 0.2) is 4.51 Å². The highest BCUT2D eigenvalue weighted by Gasteiger charge is 2.43. The van der Waals surface area contributed by atoms with Crippen LogP contribution in [0.1, 0.15) is 0 Å². The Morgan fingerprint density at radius 1 is 1.60 bits per heavy atom. The van der Waals surface area contributed by atoms with Crippen molar-refractivity contribution in [1.82, 2.24) is 0 Å². The Hall–Kier alpha value is -0.530. The van der Waals surface area contributed by atoms with Gasteiger partial charge in [-0.3, -0.25) is 0 Å². The Kier molecular flexibility index (Phi) is 3.47. The number of methoxy groups -OCH3 is 1. The first kappa shape index (κ1) is 12.5. The third-order valence-corrected chi connectivity index (χ3v) is 4.70. The Labute approximate surface area is 102 Å². The summed E-state index contributed by atoms with van der Waals surface area (Å²) in [5.41, 5.74) is -0.538.